The van der Waals surface area contributed by atoms with Crippen molar-refractivity contribution in [2.24, 2.45) is 0 Å². The van der Waals surface area contributed by atoms with Gasteiger partial charge in [0.2, 0.25) is 0 Å². The van der Waals surface area contributed by atoms with E-state index < -0.39 is 0 Å². The maximum atomic E-state index is 5.77. The molecule has 0 saturated carbocycles. The van der Waals surface area contributed by atoms with Crippen LogP contribution in [0.3, 0.4) is 0 Å². The van der Waals surface area contributed by atoms with Crippen molar-refractivity contribution in [3.8, 4) is 0 Å². The van der Waals surface area contributed by atoms with Gasteiger partial charge in [0.05, 0.1) is 5.69 Å². The number of hydrogen-bond donors (Lipinski definition) is 1. The number of rotatable bonds is 2. The molecule has 0 aromatic carbocycles. The van der Waals surface area contributed by atoms with Gasteiger partial charge in [-0.25, -0.2) is 0 Å². The first-order valence-electron chi connectivity index (χ1n) is 6.11. The number of nitrogens with zero attached hydrogens (tertiary/aromatic N) is 3. The minimum atomic E-state index is 0.235. The minimum absolute atomic E-state index is 0.235. The minimum Gasteiger partial charge on any atom is -0.399 e. The maximum absolute atomic E-state index is 5.77. The quantitative estimate of drug-likeness (QED) is 0.835. The summed E-state index contributed by atoms with van der Waals surface area (Å²) in [7, 11) is 2.19. The molecule has 0 radical (unpaired) electrons. The van der Waals surface area contributed by atoms with Crippen LogP contribution >= 0.6 is 0 Å². The van der Waals surface area contributed by atoms with Crippen LogP contribution in [0.1, 0.15) is 19.5 Å². The first-order chi connectivity index (χ1) is 7.97. The van der Waals surface area contributed by atoms with Gasteiger partial charge in [-0.05, 0) is 33.0 Å². The van der Waals surface area contributed by atoms with Crippen molar-refractivity contribution in [2.75, 3.05) is 32.4 Å². The molecular weight excluding hydrogens is 212 g/mol. The van der Waals surface area contributed by atoms with Crippen LogP contribution in [-0.2, 0) is 6.54 Å². The fourth-order valence-electron chi connectivity index (χ4n) is 2.29. The number of hydrogen-bond acceptors (Lipinski definition) is 4. The normalized spacial score (nSPS) is 21.6. The Morgan fingerprint density at radius 2 is 2.18 bits per heavy atom. The molecule has 2 heterocycles. The Morgan fingerprint density at radius 1 is 1.41 bits per heavy atom. The summed E-state index contributed by atoms with van der Waals surface area (Å²) in [6.45, 7) is 8.73. The summed E-state index contributed by atoms with van der Waals surface area (Å²) in [5, 5.41) is 0. The van der Waals surface area contributed by atoms with E-state index in [9.17, 15) is 0 Å². The molecule has 2 rings (SSSR count). The van der Waals surface area contributed by atoms with Crippen LogP contribution in [0.5, 0.6) is 0 Å². The number of piperazine rings is 1. The average molecular weight is 234 g/mol. The molecule has 94 valence electrons. The van der Waals surface area contributed by atoms with Gasteiger partial charge in [-0.2, -0.15) is 0 Å². The third-order valence-electron chi connectivity index (χ3n) is 3.62. The van der Waals surface area contributed by atoms with Crippen molar-refractivity contribution in [1.29, 1.82) is 0 Å². The van der Waals surface area contributed by atoms with Gasteiger partial charge in [-0.1, -0.05) is 0 Å². The highest BCUT2D eigenvalue weighted by atomic mass is 15.3. The van der Waals surface area contributed by atoms with Crippen LogP contribution in [-0.4, -0.2) is 47.0 Å². The Morgan fingerprint density at radius 3 is 2.82 bits per heavy atom. The molecule has 2 N–H and O–H groups in total. The summed E-state index contributed by atoms with van der Waals surface area (Å²) < 4.78 is 0. The molecule has 4 nitrogen and oxygen atoms in total. The fourth-order valence-corrected chi connectivity index (χ4v) is 2.29. The Balaban J connectivity index is 2.01. The smallest absolute Gasteiger partial charge is 0.0564 e. The monoisotopic (exact) mass is 234 g/mol. The first-order valence-corrected chi connectivity index (χ1v) is 6.11. The first kappa shape index (κ1) is 12.3. The zero-order valence-electron chi connectivity index (χ0n) is 11.0. The van der Waals surface area contributed by atoms with Crippen molar-refractivity contribution in [3.63, 3.8) is 0 Å². The van der Waals surface area contributed by atoms with Crippen LogP contribution in [0.25, 0.3) is 0 Å². The predicted molar refractivity (Wildman–Crippen MR) is 70.6 cm³/mol. The SMILES string of the molecule is CN1CCN(Cc2cc(N)ccn2)CC1(C)C. The Kier molecular flexibility index (Phi) is 3.35. The van der Waals surface area contributed by atoms with Crippen LogP contribution < -0.4 is 5.73 Å². The number of aromatic nitrogens is 1. The number of pyridine rings is 1. The molecule has 1 aliphatic heterocycles. The van der Waals surface area contributed by atoms with Gasteiger partial charge in [-0.3, -0.25) is 14.8 Å². The molecule has 0 atom stereocenters. The van der Waals surface area contributed by atoms with Gasteiger partial charge >= 0.3 is 0 Å². The zero-order chi connectivity index (χ0) is 12.5. The van der Waals surface area contributed by atoms with Crippen LogP contribution in [0.15, 0.2) is 18.3 Å². The molecule has 0 bridgehead atoms. The molecule has 4 heteroatoms. The van der Waals surface area contributed by atoms with Crippen molar-refractivity contribution >= 4 is 5.69 Å². The summed E-state index contributed by atoms with van der Waals surface area (Å²) in [5.41, 5.74) is 7.86. The van der Waals surface area contributed by atoms with E-state index in [0.29, 0.717) is 0 Å². The number of anilines is 1. The summed E-state index contributed by atoms with van der Waals surface area (Å²) in [4.78, 5) is 9.22. The van der Waals surface area contributed by atoms with Crippen LogP contribution in [0.4, 0.5) is 5.69 Å². The molecule has 1 aliphatic rings. The van der Waals surface area contributed by atoms with Crippen molar-refractivity contribution in [3.05, 3.63) is 24.0 Å². The summed E-state index contributed by atoms with van der Waals surface area (Å²) in [5.74, 6) is 0. The second-order valence-electron chi connectivity index (χ2n) is 5.53. The van der Waals surface area contributed by atoms with Gasteiger partial charge < -0.3 is 5.73 Å². The molecular formula is C13H22N4. The number of nitrogen functional groups attached to an aromatic ring is 1. The van der Waals surface area contributed by atoms with E-state index in [1.165, 1.54) is 0 Å². The molecule has 0 unspecified atom stereocenters. The van der Waals surface area contributed by atoms with Gasteiger partial charge in [0.15, 0.2) is 0 Å². The second kappa shape index (κ2) is 4.63. The largest absolute Gasteiger partial charge is 0.399 e. The third-order valence-corrected chi connectivity index (χ3v) is 3.62. The molecule has 1 fully saturated rings. The molecule has 1 saturated heterocycles. The lowest BCUT2D eigenvalue weighted by Gasteiger charge is -2.45. The summed E-state index contributed by atoms with van der Waals surface area (Å²) in [6, 6.07) is 3.79. The Labute approximate surface area is 103 Å². The number of nitrogens with two attached hydrogens (primary N) is 1. The molecule has 0 amide bonds. The van der Waals surface area contributed by atoms with Gasteiger partial charge in [-0.15, -0.1) is 0 Å². The third kappa shape index (κ3) is 2.96. The van der Waals surface area contributed by atoms with E-state index in [1.807, 2.05) is 12.1 Å². The molecule has 1 aromatic rings. The predicted octanol–water partition coefficient (Wildman–Crippen LogP) is 1.19. The van der Waals surface area contributed by atoms with E-state index in [4.69, 9.17) is 5.73 Å². The second-order valence-corrected chi connectivity index (χ2v) is 5.53. The molecule has 0 spiro atoms. The highest BCUT2D eigenvalue weighted by Gasteiger charge is 2.30. The van der Waals surface area contributed by atoms with Crippen molar-refractivity contribution in [2.45, 2.75) is 25.9 Å². The number of likely N-dealkylation sites (N-methyl/N-ethyl adjacent to an activating group) is 1. The van der Waals surface area contributed by atoms with Crippen molar-refractivity contribution in [1.82, 2.24) is 14.8 Å². The van der Waals surface area contributed by atoms with E-state index in [0.717, 1.165) is 37.6 Å². The molecule has 1 aromatic heterocycles. The van der Waals surface area contributed by atoms with E-state index in [-0.39, 0.29) is 5.54 Å². The van der Waals surface area contributed by atoms with E-state index in [1.54, 1.807) is 6.20 Å². The van der Waals surface area contributed by atoms with Crippen LogP contribution in [0.2, 0.25) is 0 Å². The molecule has 0 aliphatic carbocycles. The lowest BCUT2D eigenvalue weighted by molar-refractivity contribution is 0.0354. The summed E-state index contributed by atoms with van der Waals surface area (Å²) in [6.07, 6.45) is 1.78. The molecule has 17 heavy (non-hydrogen) atoms. The Bertz CT molecular complexity index is 389. The standard InChI is InChI=1S/C13H22N4/c1-13(2)10-17(7-6-16(13)3)9-12-8-11(14)4-5-15-12/h4-5,8H,6-7,9-10H2,1-3H3,(H2,14,15). The maximum Gasteiger partial charge on any atom is 0.0564 e. The van der Waals surface area contributed by atoms with Gasteiger partial charge in [0, 0.05) is 43.6 Å². The fraction of sp³-hybridized carbons (Fsp3) is 0.615. The zero-order valence-corrected chi connectivity index (χ0v) is 11.0. The van der Waals surface area contributed by atoms with Gasteiger partial charge in [0.25, 0.3) is 0 Å². The highest BCUT2D eigenvalue weighted by Crippen LogP contribution is 2.20. The van der Waals surface area contributed by atoms with E-state index >= 15 is 0 Å². The Hall–Kier alpha value is -1.13. The van der Waals surface area contributed by atoms with Gasteiger partial charge in [0.1, 0.15) is 0 Å². The highest BCUT2D eigenvalue weighted by molar-refractivity contribution is 5.37. The van der Waals surface area contributed by atoms with E-state index in [2.05, 4.69) is 35.7 Å². The average Bonchev–Trinajstić information content (AvgIpc) is 2.23. The lowest BCUT2D eigenvalue weighted by Crippen LogP contribution is -2.57. The van der Waals surface area contributed by atoms with Crippen LogP contribution in [0, 0.1) is 0 Å². The topological polar surface area (TPSA) is 45.4 Å². The summed E-state index contributed by atoms with van der Waals surface area (Å²) >= 11 is 0. The van der Waals surface area contributed by atoms with Crippen molar-refractivity contribution < 1.29 is 0 Å². The lowest BCUT2D eigenvalue weighted by atomic mass is 9.99.